The quantitative estimate of drug-likeness (QED) is 0.493. The molecule has 9 nitrogen and oxygen atoms in total. The zero-order valence-electron chi connectivity index (χ0n) is 21.3. The van der Waals surface area contributed by atoms with Crippen molar-refractivity contribution in [2.24, 2.45) is 0 Å². The highest BCUT2D eigenvalue weighted by molar-refractivity contribution is 6.04. The van der Waals surface area contributed by atoms with Crippen LogP contribution in [0.5, 0.6) is 5.75 Å². The third-order valence-electron chi connectivity index (χ3n) is 6.78. The topological polar surface area (TPSA) is 97.4 Å². The van der Waals surface area contributed by atoms with Crippen LogP contribution >= 0.6 is 0 Å². The van der Waals surface area contributed by atoms with Gasteiger partial charge < -0.3 is 24.4 Å². The highest BCUT2D eigenvalue weighted by atomic mass is 19.1. The van der Waals surface area contributed by atoms with E-state index in [1.807, 2.05) is 0 Å². The molecule has 2 atom stereocenters. The van der Waals surface area contributed by atoms with Crippen molar-refractivity contribution in [2.45, 2.75) is 18.7 Å². The zero-order valence-corrected chi connectivity index (χ0v) is 21.3. The summed E-state index contributed by atoms with van der Waals surface area (Å²) in [7, 11) is 1.55. The van der Waals surface area contributed by atoms with E-state index in [0.29, 0.717) is 54.4 Å². The normalized spacial score (nSPS) is 19.0. The molecule has 39 heavy (non-hydrogen) atoms. The molecule has 2 aliphatic heterocycles. The van der Waals surface area contributed by atoms with Gasteiger partial charge in [-0.1, -0.05) is 24.3 Å². The van der Waals surface area contributed by atoms with Gasteiger partial charge in [0, 0.05) is 24.3 Å². The number of carbonyl (C=O) groups is 3. The summed E-state index contributed by atoms with van der Waals surface area (Å²) >= 11 is 0. The van der Waals surface area contributed by atoms with Crippen molar-refractivity contribution in [3.63, 3.8) is 0 Å². The maximum atomic E-state index is 13.7. The Kier molecular flexibility index (Phi) is 7.74. The Morgan fingerprint density at radius 1 is 0.974 bits per heavy atom. The molecule has 0 bridgehead atoms. The largest absolute Gasteiger partial charge is 0.497 e. The van der Waals surface area contributed by atoms with E-state index in [9.17, 15) is 18.8 Å². The van der Waals surface area contributed by atoms with Gasteiger partial charge in [-0.05, 0) is 59.7 Å². The maximum Gasteiger partial charge on any atom is 0.411 e. The smallest absolute Gasteiger partial charge is 0.411 e. The van der Waals surface area contributed by atoms with Crippen molar-refractivity contribution in [3.05, 3.63) is 95.3 Å². The van der Waals surface area contributed by atoms with Crippen molar-refractivity contribution >= 4 is 23.6 Å². The van der Waals surface area contributed by atoms with Gasteiger partial charge in [0.2, 0.25) is 5.91 Å². The number of anilines is 1. The van der Waals surface area contributed by atoms with E-state index in [-0.39, 0.29) is 24.2 Å². The molecule has 0 saturated carbocycles. The van der Waals surface area contributed by atoms with E-state index in [0.717, 1.165) is 0 Å². The highest BCUT2D eigenvalue weighted by Crippen LogP contribution is 2.35. The average molecular weight is 534 g/mol. The first-order valence-corrected chi connectivity index (χ1v) is 12.6. The van der Waals surface area contributed by atoms with Crippen molar-refractivity contribution < 1.29 is 33.0 Å². The van der Waals surface area contributed by atoms with Crippen LogP contribution < -0.4 is 10.1 Å². The number of benzene rings is 3. The molecule has 202 valence electrons. The van der Waals surface area contributed by atoms with Crippen LogP contribution in [0.3, 0.4) is 0 Å². The maximum absolute atomic E-state index is 13.7. The molecule has 0 spiro atoms. The average Bonchev–Trinajstić information content (AvgIpc) is 3.30. The van der Waals surface area contributed by atoms with E-state index in [1.165, 1.54) is 17.0 Å². The number of amides is 3. The van der Waals surface area contributed by atoms with Crippen molar-refractivity contribution in [2.75, 3.05) is 38.7 Å². The van der Waals surface area contributed by atoms with Crippen molar-refractivity contribution in [1.29, 1.82) is 0 Å². The summed E-state index contributed by atoms with van der Waals surface area (Å²) in [6.45, 7) is 1.75. The molecule has 2 fully saturated rings. The summed E-state index contributed by atoms with van der Waals surface area (Å²) in [4.78, 5) is 42.4. The fourth-order valence-electron chi connectivity index (χ4n) is 4.65. The second-order valence-corrected chi connectivity index (χ2v) is 9.25. The van der Waals surface area contributed by atoms with E-state index in [4.69, 9.17) is 14.2 Å². The van der Waals surface area contributed by atoms with Crippen LogP contribution in [0.25, 0.3) is 0 Å². The predicted molar refractivity (Wildman–Crippen MR) is 140 cm³/mol. The monoisotopic (exact) mass is 533 g/mol. The number of cyclic esters (lactones) is 1. The van der Waals surface area contributed by atoms with Crippen LogP contribution in [0, 0.1) is 5.82 Å². The minimum absolute atomic E-state index is 0.0896. The molecule has 1 N–H and O–H groups in total. The molecule has 3 aromatic carbocycles. The van der Waals surface area contributed by atoms with E-state index in [1.54, 1.807) is 72.7 Å². The Labute approximate surface area is 225 Å². The third-order valence-corrected chi connectivity index (χ3v) is 6.78. The molecule has 2 aliphatic rings. The lowest BCUT2D eigenvalue weighted by molar-refractivity contribution is -0.141. The van der Waals surface area contributed by atoms with Gasteiger partial charge in [-0.2, -0.15) is 0 Å². The molecule has 2 saturated heterocycles. The molecule has 3 amide bonds. The van der Waals surface area contributed by atoms with Gasteiger partial charge in [0.1, 0.15) is 11.6 Å². The number of morpholine rings is 1. The molecule has 0 aromatic heterocycles. The summed E-state index contributed by atoms with van der Waals surface area (Å²) in [5.41, 5.74) is 2.30. The van der Waals surface area contributed by atoms with Crippen LogP contribution in [0.2, 0.25) is 0 Å². The highest BCUT2D eigenvalue weighted by Gasteiger charge is 2.48. The lowest BCUT2D eigenvalue weighted by Crippen LogP contribution is -2.51. The third kappa shape index (κ3) is 5.85. The Morgan fingerprint density at radius 3 is 2.28 bits per heavy atom. The summed E-state index contributed by atoms with van der Waals surface area (Å²) in [6, 6.07) is 18.4. The van der Waals surface area contributed by atoms with Gasteiger partial charge in [-0.3, -0.25) is 14.5 Å². The lowest BCUT2D eigenvalue weighted by Gasteiger charge is -2.32. The first-order chi connectivity index (χ1) is 18.9. The summed E-state index contributed by atoms with van der Waals surface area (Å²) in [6.07, 6.45) is -1.49. The predicted octanol–water partition coefficient (Wildman–Crippen LogP) is 4.01. The number of nitrogens with one attached hydrogen (secondary N) is 1. The van der Waals surface area contributed by atoms with Gasteiger partial charge in [0.15, 0.2) is 12.1 Å². The van der Waals surface area contributed by atoms with E-state index >= 15 is 0 Å². The van der Waals surface area contributed by atoms with Gasteiger partial charge >= 0.3 is 6.09 Å². The van der Waals surface area contributed by atoms with Crippen LogP contribution in [-0.2, 0) is 20.8 Å². The Balaban J connectivity index is 1.36. The fourth-order valence-corrected chi connectivity index (χ4v) is 4.65. The van der Waals surface area contributed by atoms with Gasteiger partial charge in [0.25, 0.3) is 5.91 Å². The number of halogens is 1. The molecule has 2 unspecified atom stereocenters. The Hall–Kier alpha value is -4.44. The molecule has 0 radical (unpaired) electrons. The van der Waals surface area contributed by atoms with E-state index < -0.39 is 18.2 Å². The van der Waals surface area contributed by atoms with Crippen molar-refractivity contribution in [1.82, 2.24) is 9.80 Å². The van der Waals surface area contributed by atoms with E-state index in [2.05, 4.69) is 5.32 Å². The fraction of sp³-hybridized carbons (Fsp3) is 0.276. The second-order valence-electron chi connectivity index (χ2n) is 9.25. The number of carbonyl (C=O) groups excluding carboxylic acids is 3. The SMILES string of the molecule is COc1ccc(C(=O)Nc2ccc(C3OC(=O)N(Cc4ccc(F)cc4)C3C(=O)N3CCOCC3)cc2)cc1. The Morgan fingerprint density at radius 2 is 1.64 bits per heavy atom. The summed E-state index contributed by atoms with van der Waals surface area (Å²) < 4.78 is 29.7. The molecular weight excluding hydrogens is 505 g/mol. The number of rotatable bonds is 7. The van der Waals surface area contributed by atoms with Crippen LogP contribution in [-0.4, -0.2) is 67.2 Å². The molecule has 5 rings (SSSR count). The number of nitrogens with zero attached hydrogens (tertiary/aromatic N) is 2. The molecule has 3 aromatic rings. The standard InChI is InChI=1S/C29H28FN3O6/c1-37-24-12-6-21(7-13-24)27(34)31-23-10-4-20(5-11-23)26-25(28(35)32-14-16-38-17-15-32)33(29(36)39-26)18-19-2-8-22(30)9-3-19/h2-13,25-26H,14-18H2,1H3,(H,31,34). The first kappa shape index (κ1) is 26.2. The van der Waals surface area contributed by atoms with Crippen LogP contribution in [0.4, 0.5) is 14.9 Å². The summed E-state index contributed by atoms with van der Waals surface area (Å²) in [5.74, 6) is -0.269. The van der Waals surface area contributed by atoms with Gasteiger partial charge in [-0.15, -0.1) is 0 Å². The molecule has 10 heteroatoms. The van der Waals surface area contributed by atoms with Crippen LogP contribution in [0.1, 0.15) is 27.6 Å². The zero-order chi connectivity index (χ0) is 27.4. The second kappa shape index (κ2) is 11.5. The van der Waals surface area contributed by atoms with Crippen molar-refractivity contribution in [3.8, 4) is 5.75 Å². The minimum atomic E-state index is -0.916. The number of ether oxygens (including phenoxy) is 3. The minimum Gasteiger partial charge on any atom is -0.497 e. The molecule has 0 aliphatic carbocycles. The molecular formula is C29H28FN3O6. The van der Waals surface area contributed by atoms with Gasteiger partial charge in [0.05, 0.1) is 26.9 Å². The molecule has 2 heterocycles. The lowest BCUT2D eigenvalue weighted by atomic mass is 9.99. The summed E-state index contributed by atoms with van der Waals surface area (Å²) in [5, 5.41) is 2.84. The first-order valence-electron chi connectivity index (χ1n) is 12.6. The number of hydrogen-bond donors (Lipinski definition) is 1. The number of hydrogen-bond acceptors (Lipinski definition) is 6. The number of methoxy groups -OCH3 is 1. The Bertz CT molecular complexity index is 1320. The van der Waals surface area contributed by atoms with Gasteiger partial charge in [-0.25, -0.2) is 9.18 Å². The van der Waals surface area contributed by atoms with Crippen LogP contribution in [0.15, 0.2) is 72.8 Å².